The lowest BCUT2D eigenvalue weighted by Gasteiger charge is -2.09. The van der Waals surface area contributed by atoms with E-state index >= 15 is 0 Å². The standard InChI is InChI=1S/C15H13BrCl2N2O/c16-11-2-5-13(6-3-11)20-15(21)19-8-7-10-1-4-12(17)9-14(10)18/h1-6,9H,7-8H2,(H2,19,20,21). The summed E-state index contributed by atoms with van der Waals surface area (Å²) in [5.41, 5.74) is 1.69. The van der Waals surface area contributed by atoms with Crippen LogP contribution in [0.5, 0.6) is 0 Å². The lowest BCUT2D eigenvalue weighted by atomic mass is 10.1. The lowest BCUT2D eigenvalue weighted by Crippen LogP contribution is -2.30. The van der Waals surface area contributed by atoms with E-state index in [1.807, 2.05) is 30.3 Å². The normalized spacial score (nSPS) is 10.2. The fourth-order valence-corrected chi connectivity index (χ4v) is 2.51. The summed E-state index contributed by atoms with van der Waals surface area (Å²) in [7, 11) is 0. The van der Waals surface area contributed by atoms with Crippen LogP contribution in [0.4, 0.5) is 10.5 Å². The molecule has 0 bridgehead atoms. The van der Waals surface area contributed by atoms with Gasteiger partial charge in [0, 0.05) is 26.8 Å². The highest BCUT2D eigenvalue weighted by molar-refractivity contribution is 9.10. The number of hydrogen-bond acceptors (Lipinski definition) is 1. The Morgan fingerprint density at radius 3 is 2.48 bits per heavy atom. The molecule has 2 amide bonds. The predicted octanol–water partition coefficient (Wildman–Crippen LogP) is 5.12. The van der Waals surface area contributed by atoms with Crippen molar-refractivity contribution < 1.29 is 4.79 Å². The third kappa shape index (κ3) is 5.23. The number of anilines is 1. The SMILES string of the molecule is O=C(NCCc1ccc(Cl)cc1Cl)Nc1ccc(Br)cc1. The highest BCUT2D eigenvalue weighted by Gasteiger charge is 2.04. The fraction of sp³-hybridized carbons (Fsp3) is 0.133. The van der Waals surface area contributed by atoms with Crippen molar-refractivity contribution in [3.05, 3.63) is 62.5 Å². The molecule has 2 rings (SSSR count). The molecule has 2 aromatic carbocycles. The summed E-state index contributed by atoms with van der Waals surface area (Å²) in [5.74, 6) is 0. The maximum absolute atomic E-state index is 11.7. The summed E-state index contributed by atoms with van der Waals surface area (Å²) in [6, 6.07) is 12.5. The van der Waals surface area contributed by atoms with E-state index in [1.54, 1.807) is 12.1 Å². The van der Waals surface area contributed by atoms with Crippen LogP contribution in [-0.2, 0) is 6.42 Å². The smallest absolute Gasteiger partial charge is 0.319 e. The molecule has 0 atom stereocenters. The molecule has 0 radical (unpaired) electrons. The van der Waals surface area contributed by atoms with Crippen LogP contribution in [0, 0.1) is 0 Å². The zero-order chi connectivity index (χ0) is 15.2. The lowest BCUT2D eigenvalue weighted by molar-refractivity contribution is 0.252. The van der Waals surface area contributed by atoms with Crippen LogP contribution in [0.3, 0.4) is 0 Å². The van der Waals surface area contributed by atoms with Crippen LogP contribution in [0.15, 0.2) is 46.9 Å². The average Bonchev–Trinajstić information content (AvgIpc) is 2.44. The Labute approximate surface area is 141 Å². The van der Waals surface area contributed by atoms with Gasteiger partial charge in [0.15, 0.2) is 0 Å². The topological polar surface area (TPSA) is 41.1 Å². The van der Waals surface area contributed by atoms with Crippen molar-refractivity contribution in [2.45, 2.75) is 6.42 Å². The number of halogens is 3. The Morgan fingerprint density at radius 2 is 1.81 bits per heavy atom. The highest BCUT2D eigenvalue weighted by atomic mass is 79.9. The van der Waals surface area contributed by atoms with E-state index in [4.69, 9.17) is 23.2 Å². The summed E-state index contributed by atoms with van der Waals surface area (Å²) in [6.45, 7) is 0.490. The first-order valence-corrected chi connectivity index (χ1v) is 7.84. The number of carbonyl (C=O) groups excluding carboxylic acids is 1. The summed E-state index contributed by atoms with van der Waals surface area (Å²) in [5, 5.41) is 6.75. The Kier molecular flexibility index (Phi) is 5.91. The van der Waals surface area contributed by atoms with E-state index in [-0.39, 0.29) is 6.03 Å². The van der Waals surface area contributed by atoms with Crippen LogP contribution in [0.2, 0.25) is 10.0 Å². The van der Waals surface area contributed by atoms with Crippen molar-refractivity contribution in [1.82, 2.24) is 5.32 Å². The van der Waals surface area contributed by atoms with Crippen LogP contribution in [-0.4, -0.2) is 12.6 Å². The van der Waals surface area contributed by atoms with Gasteiger partial charge in [0.25, 0.3) is 0 Å². The first-order valence-electron chi connectivity index (χ1n) is 6.29. The van der Waals surface area contributed by atoms with E-state index in [1.165, 1.54) is 0 Å². The Hall–Kier alpha value is -1.23. The van der Waals surface area contributed by atoms with Crippen molar-refractivity contribution in [3.63, 3.8) is 0 Å². The van der Waals surface area contributed by atoms with Crippen molar-refractivity contribution in [3.8, 4) is 0 Å². The zero-order valence-electron chi connectivity index (χ0n) is 11.0. The van der Waals surface area contributed by atoms with E-state index in [0.29, 0.717) is 23.0 Å². The van der Waals surface area contributed by atoms with Gasteiger partial charge in [-0.3, -0.25) is 0 Å². The summed E-state index contributed by atoms with van der Waals surface area (Å²) in [6.07, 6.45) is 0.643. The number of carbonyl (C=O) groups is 1. The molecule has 0 saturated carbocycles. The molecule has 3 nitrogen and oxygen atoms in total. The molecule has 0 spiro atoms. The molecule has 0 aliphatic heterocycles. The van der Waals surface area contributed by atoms with Gasteiger partial charge in [-0.2, -0.15) is 0 Å². The summed E-state index contributed by atoms with van der Waals surface area (Å²) < 4.78 is 0.964. The number of rotatable bonds is 4. The first kappa shape index (κ1) is 16.1. The van der Waals surface area contributed by atoms with E-state index in [2.05, 4.69) is 26.6 Å². The summed E-state index contributed by atoms with van der Waals surface area (Å²) >= 11 is 15.2. The van der Waals surface area contributed by atoms with Gasteiger partial charge in [0.2, 0.25) is 0 Å². The summed E-state index contributed by atoms with van der Waals surface area (Å²) in [4.78, 5) is 11.7. The van der Waals surface area contributed by atoms with Gasteiger partial charge in [0.05, 0.1) is 0 Å². The Morgan fingerprint density at radius 1 is 1.10 bits per heavy atom. The molecule has 6 heteroatoms. The van der Waals surface area contributed by atoms with E-state index in [9.17, 15) is 4.79 Å². The van der Waals surface area contributed by atoms with Gasteiger partial charge in [-0.25, -0.2) is 4.79 Å². The molecule has 21 heavy (non-hydrogen) atoms. The number of urea groups is 1. The monoisotopic (exact) mass is 386 g/mol. The first-order chi connectivity index (χ1) is 10.0. The van der Waals surface area contributed by atoms with E-state index in [0.717, 1.165) is 15.7 Å². The van der Waals surface area contributed by atoms with Crippen LogP contribution >= 0.6 is 39.1 Å². The fourth-order valence-electron chi connectivity index (χ4n) is 1.74. The molecule has 2 N–H and O–H groups in total. The third-order valence-corrected chi connectivity index (χ3v) is 3.91. The second-order valence-corrected chi connectivity index (χ2v) is 6.13. The van der Waals surface area contributed by atoms with Gasteiger partial charge in [-0.05, 0) is 48.4 Å². The minimum absolute atomic E-state index is 0.248. The van der Waals surface area contributed by atoms with Crippen LogP contribution < -0.4 is 10.6 Å². The van der Waals surface area contributed by atoms with Crippen molar-refractivity contribution >= 4 is 50.9 Å². The molecule has 0 aromatic heterocycles. The molecule has 0 aliphatic rings. The van der Waals surface area contributed by atoms with Crippen molar-refractivity contribution in [2.75, 3.05) is 11.9 Å². The van der Waals surface area contributed by atoms with Crippen LogP contribution in [0.25, 0.3) is 0 Å². The third-order valence-electron chi connectivity index (χ3n) is 2.80. The van der Waals surface area contributed by atoms with Crippen molar-refractivity contribution in [1.29, 1.82) is 0 Å². The number of benzene rings is 2. The Bertz CT molecular complexity index is 632. The molecule has 0 heterocycles. The average molecular weight is 388 g/mol. The number of nitrogens with one attached hydrogen (secondary N) is 2. The molecule has 110 valence electrons. The largest absolute Gasteiger partial charge is 0.338 e. The van der Waals surface area contributed by atoms with Crippen molar-refractivity contribution in [2.24, 2.45) is 0 Å². The van der Waals surface area contributed by atoms with Gasteiger partial charge >= 0.3 is 6.03 Å². The van der Waals surface area contributed by atoms with Crippen LogP contribution in [0.1, 0.15) is 5.56 Å². The molecule has 0 fully saturated rings. The minimum Gasteiger partial charge on any atom is -0.338 e. The number of amides is 2. The van der Waals surface area contributed by atoms with Gasteiger partial charge in [-0.15, -0.1) is 0 Å². The van der Waals surface area contributed by atoms with Gasteiger partial charge in [-0.1, -0.05) is 45.2 Å². The number of hydrogen-bond donors (Lipinski definition) is 2. The second-order valence-electron chi connectivity index (χ2n) is 4.37. The maximum Gasteiger partial charge on any atom is 0.319 e. The zero-order valence-corrected chi connectivity index (χ0v) is 14.1. The minimum atomic E-state index is -0.248. The second kappa shape index (κ2) is 7.69. The Balaban J connectivity index is 1.80. The molecule has 0 aliphatic carbocycles. The molecule has 0 unspecified atom stereocenters. The highest BCUT2D eigenvalue weighted by Crippen LogP contribution is 2.21. The molecular formula is C15H13BrCl2N2O. The molecule has 0 saturated heterocycles. The predicted molar refractivity (Wildman–Crippen MR) is 91.3 cm³/mol. The van der Waals surface area contributed by atoms with Gasteiger partial charge in [0.1, 0.15) is 0 Å². The quantitative estimate of drug-likeness (QED) is 0.750. The maximum atomic E-state index is 11.7. The molecule has 2 aromatic rings. The van der Waals surface area contributed by atoms with Gasteiger partial charge < -0.3 is 10.6 Å². The van der Waals surface area contributed by atoms with E-state index < -0.39 is 0 Å². The molecular weight excluding hydrogens is 375 g/mol.